The molecule has 0 saturated heterocycles. The molecule has 156 valence electrons. The van der Waals surface area contributed by atoms with Crippen molar-refractivity contribution < 1.29 is 14.3 Å². The largest absolute Gasteiger partial charge is 0.494 e. The highest BCUT2D eigenvalue weighted by Crippen LogP contribution is 2.34. The van der Waals surface area contributed by atoms with Crippen LogP contribution in [0.15, 0.2) is 54.6 Å². The Morgan fingerprint density at radius 2 is 1.87 bits per heavy atom. The second-order valence-corrected chi connectivity index (χ2v) is 8.17. The molecule has 0 bridgehead atoms. The Bertz CT molecular complexity index is 1030. The molecule has 30 heavy (non-hydrogen) atoms. The number of hydrogen-bond donors (Lipinski definition) is 2. The van der Waals surface area contributed by atoms with Crippen LogP contribution in [0.3, 0.4) is 0 Å². The van der Waals surface area contributed by atoms with Gasteiger partial charge < -0.3 is 15.8 Å². The van der Waals surface area contributed by atoms with Crippen molar-refractivity contribution in [2.75, 3.05) is 11.9 Å². The first-order chi connectivity index (χ1) is 14.5. The van der Waals surface area contributed by atoms with Gasteiger partial charge in [-0.25, -0.2) is 0 Å². The molecule has 0 aliphatic carbocycles. The maximum atomic E-state index is 12.8. The van der Waals surface area contributed by atoms with Crippen LogP contribution in [0.2, 0.25) is 0 Å². The topological polar surface area (TPSA) is 81.4 Å². The minimum absolute atomic E-state index is 0.300. The molecule has 0 spiro atoms. The molecular weight excluding hydrogens is 396 g/mol. The van der Waals surface area contributed by atoms with Gasteiger partial charge in [0.15, 0.2) is 0 Å². The summed E-state index contributed by atoms with van der Waals surface area (Å²) < 4.78 is 5.69. The Labute approximate surface area is 180 Å². The van der Waals surface area contributed by atoms with Gasteiger partial charge in [-0.1, -0.05) is 49.7 Å². The summed E-state index contributed by atoms with van der Waals surface area (Å²) in [6, 6.07) is 17.0. The maximum absolute atomic E-state index is 12.8. The number of nitrogens with one attached hydrogen (secondary N) is 1. The van der Waals surface area contributed by atoms with Gasteiger partial charge in [0.05, 0.1) is 12.2 Å². The smallest absolute Gasteiger partial charge is 0.256 e. The molecule has 1 aromatic heterocycles. The van der Waals surface area contributed by atoms with Crippen molar-refractivity contribution in [1.29, 1.82) is 0 Å². The van der Waals surface area contributed by atoms with Gasteiger partial charge >= 0.3 is 0 Å². The molecule has 3 rings (SSSR count). The van der Waals surface area contributed by atoms with E-state index in [9.17, 15) is 9.59 Å². The van der Waals surface area contributed by atoms with Crippen molar-refractivity contribution in [3.8, 4) is 5.75 Å². The zero-order valence-electron chi connectivity index (χ0n) is 17.2. The highest BCUT2D eigenvalue weighted by Gasteiger charge is 2.21. The first-order valence-electron chi connectivity index (χ1n) is 9.99. The minimum Gasteiger partial charge on any atom is -0.494 e. The number of amides is 2. The molecular formula is C24H26N2O3S. The van der Waals surface area contributed by atoms with E-state index in [4.69, 9.17) is 10.5 Å². The fourth-order valence-corrected chi connectivity index (χ4v) is 4.37. The summed E-state index contributed by atoms with van der Waals surface area (Å²) in [4.78, 5) is 25.9. The van der Waals surface area contributed by atoms with E-state index in [1.807, 2.05) is 43.3 Å². The number of carbonyl (C=O) groups excluding carboxylic acids is 2. The number of carbonyl (C=O) groups is 2. The second kappa shape index (κ2) is 10.1. The standard InChI is InChI=1S/C24H26N2O3S/c1-3-4-13-29-19-12-8-11-18(15-19)23(28)26-24-21(22(25)27)16(2)20(30-24)14-17-9-6-5-7-10-17/h5-12,15H,3-4,13-14H2,1-2H3,(H2,25,27)(H,26,28). The number of thiophene rings is 1. The van der Waals surface area contributed by atoms with E-state index in [0.717, 1.165) is 28.8 Å². The molecule has 3 aromatic rings. The normalized spacial score (nSPS) is 10.6. The van der Waals surface area contributed by atoms with E-state index >= 15 is 0 Å². The van der Waals surface area contributed by atoms with Crippen molar-refractivity contribution in [2.24, 2.45) is 5.73 Å². The molecule has 0 atom stereocenters. The van der Waals surface area contributed by atoms with Gasteiger partial charge in [0, 0.05) is 16.9 Å². The molecule has 0 aliphatic heterocycles. The third kappa shape index (κ3) is 5.27. The van der Waals surface area contributed by atoms with E-state index in [-0.39, 0.29) is 5.91 Å². The van der Waals surface area contributed by atoms with Crippen LogP contribution in [0.5, 0.6) is 5.75 Å². The quantitative estimate of drug-likeness (QED) is 0.466. The SMILES string of the molecule is CCCCOc1cccc(C(=O)Nc2sc(Cc3ccccc3)c(C)c2C(N)=O)c1. The van der Waals surface area contributed by atoms with Crippen molar-refractivity contribution >= 4 is 28.2 Å². The average molecular weight is 423 g/mol. The summed E-state index contributed by atoms with van der Waals surface area (Å²) in [5, 5.41) is 3.35. The van der Waals surface area contributed by atoms with E-state index in [1.165, 1.54) is 11.3 Å². The third-order valence-electron chi connectivity index (χ3n) is 4.79. The Hall–Kier alpha value is -3.12. The lowest BCUT2D eigenvalue weighted by atomic mass is 10.1. The van der Waals surface area contributed by atoms with Crippen LogP contribution in [0.4, 0.5) is 5.00 Å². The Morgan fingerprint density at radius 3 is 2.57 bits per heavy atom. The number of nitrogens with two attached hydrogens (primary N) is 1. The Morgan fingerprint density at radius 1 is 1.10 bits per heavy atom. The summed E-state index contributed by atoms with van der Waals surface area (Å²) in [5.74, 6) is -0.195. The van der Waals surface area contributed by atoms with Crippen molar-refractivity contribution in [2.45, 2.75) is 33.1 Å². The highest BCUT2D eigenvalue weighted by molar-refractivity contribution is 7.17. The number of hydrogen-bond acceptors (Lipinski definition) is 4. The molecule has 0 fully saturated rings. The zero-order chi connectivity index (χ0) is 21.5. The van der Waals surface area contributed by atoms with Gasteiger partial charge in [0.1, 0.15) is 10.8 Å². The van der Waals surface area contributed by atoms with Crippen LogP contribution >= 0.6 is 11.3 Å². The van der Waals surface area contributed by atoms with Gasteiger partial charge in [-0.3, -0.25) is 9.59 Å². The Kier molecular flexibility index (Phi) is 7.25. The molecule has 0 saturated carbocycles. The van der Waals surface area contributed by atoms with Gasteiger partial charge in [0.2, 0.25) is 0 Å². The number of primary amides is 1. The lowest BCUT2D eigenvalue weighted by Gasteiger charge is -2.08. The lowest BCUT2D eigenvalue weighted by Crippen LogP contribution is -2.17. The lowest BCUT2D eigenvalue weighted by molar-refractivity contribution is 0.100. The monoisotopic (exact) mass is 422 g/mol. The first-order valence-corrected chi connectivity index (χ1v) is 10.8. The molecule has 0 radical (unpaired) electrons. The maximum Gasteiger partial charge on any atom is 0.256 e. The van der Waals surface area contributed by atoms with E-state index in [1.54, 1.807) is 18.2 Å². The van der Waals surface area contributed by atoms with Crippen LogP contribution < -0.4 is 15.8 Å². The summed E-state index contributed by atoms with van der Waals surface area (Å²) in [6.45, 7) is 4.58. The first kappa shape index (κ1) is 21.6. The summed E-state index contributed by atoms with van der Waals surface area (Å²) in [6.07, 6.45) is 2.67. The minimum atomic E-state index is -0.546. The van der Waals surface area contributed by atoms with Crippen molar-refractivity contribution in [3.63, 3.8) is 0 Å². The molecule has 2 amide bonds. The molecule has 5 nitrogen and oxygen atoms in total. The van der Waals surface area contributed by atoms with Crippen molar-refractivity contribution in [3.05, 3.63) is 81.7 Å². The molecule has 0 aliphatic rings. The van der Waals surface area contributed by atoms with Gasteiger partial charge in [0.25, 0.3) is 11.8 Å². The van der Waals surface area contributed by atoms with Crippen molar-refractivity contribution in [1.82, 2.24) is 0 Å². The Balaban J connectivity index is 1.81. The van der Waals surface area contributed by atoms with Crippen LogP contribution in [-0.4, -0.2) is 18.4 Å². The summed E-state index contributed by atoms with van der Waals surface area (Å²) >= 11 is 1.39. The number of anilines is 1. The number of ether oxygens (including phenoxy) is 1. The fraction of sp³-hybridized carbons (Fsp3) is 0.250. The van der Waals surface area contributed by atoms with Crippen LogP contribution in [0.25, 0.3) is 0 Å². The fourth-order valence-electron chi connectivity index (χ4n) is 3.13. The van der Waals surface area contributed by atoms with E-state index in [2.05, 4.69) is 12.2 Å². The molecule has 3 N–H and O–H groups in total. The highest BCUT2D eigenvalue weighted by atomic mass is 32.1. The summed E-state index contributed by atoms with van der Waals surface area (Å²) in [7, 11) is 0. The number of benzene rings is 2. The average Bonchev–Trinajstić information content (AvgIpc) is 3.04. The number of unbranched alkanes of at least 4 members (excludes halogenated alkanes) is 1. The van der Waals surface area contributed by atoms with Crippen LogP contribution in [-0.2, 0) is 6.42 Å². The van der Waals surface area contributed by atoms with E-state index in [0.29, 0.717) is 34.9 Å². The zero-order valence-corrected chi connectivity index (χ0v) is 18.1. The number of rotatable bonds is 9. The van der Waals surface area contributed by atoms with Crippen LogP contribution in [0, 0.1) is 6.92 Å². The van der Waals surface area contributed by atoms with Crippen LogP contribution in [0.1, 0.15) is 56.5 Å². The van der Waals surface area contributed by atoms with Gasteiger partial charge in [-0.05, 0) is 42.7 Å². The van der Waals surface area contributed by atoms with Gasteiger partial charge in [-0.2, -0.15) is 0 Å². The second-order valence-electron chi connectivity index (χ2n) is 7.06. The summed E-state index contributed by atoms with van der Waals surface area (Å²) in [5.41, 5.74) is 8.40. The van der Waals surface area contributed by atoms with Gasteiger partial charge in [-0.15, -0.1) is 11.3 Å². The predicted octanol–water partition coefficient (Wildman–Crippen LogP) is 5.18. The third-order valence-corrected chi connectivity index (χ3v) is 6.00. The predicted molar refractivity (Wildman–Crippen MR) is 122 cm³/mol. The molecule has 2 aromatic carbocycles. The molecule has 6 heteroatoms. The molecule has 1 heterocycles. The van der Waals surface area contributed by atoms with E-state index < -0.39 is 5.91 Å². The molecule has 0 unspecified atom stereocenters.